The summed E-state index contributed by atoms with van der Waals surface area (Å²) in [6.45, 7) is 0. The van der Waals surface area contributed by atoms with E-state index < -0.39 is 46.8 Å². The summed E-state index contributed by atoms with van der Waals surface area (Å²) in [7, 11) is 3.01. The number of hydrogen-bond donors (Lipinski definition) is 2. The van der Waals surface area contributed by atoms with E-state index in [9.17, 15) is 19.5 Å². The van der Waals surface area contributed by atoms with E-state index in [0.717, 1.165) is 14.2 Å². The molecule has 270 valence electrons. The lowest BCUT2D eigenvalue weighted by Gasteiger charge is -2.50. The van der Waals surface area contributed by atoms with Gasteiger partial charge in [-0.05, 0) is 108 Å². The molecule has 4 aromatic carbocycles. The SMILES string of the molecule is COc1ccc(C23C(=O)N(Nc4ccc(Cl)cc4Cl)C(=O)C2CC2C(=CCC4C(=O)N(c5ccc(I)cc5)C(=O)C42)C3c2ccc(O)cc2OC)cc1. The minimum absolute atomic E-state index is 0.0510. The molecule has 6 unspecified atom stereocenters. The molecule has 2 heterocycles. The highest BCUT2D eigenvalue weighted by atomic mass is 127. The molecule has 0 bridgehead atoms. The van der Waals surface area contributed by atoms with Crippen LogP contribution in [-0.2, 0) is 24.6 Å². The van der Waals surface area contributed by atoms with Gasteiger partial charge in [0.25, 0.3) is 11.8 Å². The Kier molecular flexibility index (Phi) is 8.94. The normalized spacial score (nSPS) is 26.2. The lowest BCUT2D eigenvalue weighted by atomic mass is 9.49. The average molecular weight is 865 g/mol. The van der Waals surface area contributed by atoms with Crippen LogP contribution in [0.4, 0.5) is 11.4 Å². The van der Waals surface area contributed by atoms with Gasteiger partial charge < -0.3 is 14.6 Å². The fourth-order valence-electron chi connectivity index (χ4n) is 8.97. The Morgan fingerprint density at radius 1 is 0.849 bits per heavy atom. The maximum absolute atomic E-state index is 15.4. The number of imide groups is 2. The van der Waals surface area contributed by atoms with E-state index in [-0.39, 0.29) is 35.4 Å². The average Bonchev–Trinajstić information content (AvgIpc) is 3.53. The summed E-state index contributed by atoms with van der Waals surface area (Å²) in [5, 5.41) is 12.1. The van der Waals surface area contributed by atoms with Crippen LogP contribution in [0.5, 0.6) is 17.2 Å². The van der Waals surface area contributed by atoms with Gasteiger partial charge in [0.2, 0.25) is 11.8 Å². The molecule has 0 spiro atoms. The fourth-order valence-corrected chi connectivity index (χ4v) is 9.78. The van der Waals surface area contributed by atoms with Gasteiger partial charge in [-0.15, -0.1) is 0 Å². The van der Waals surface area contributed by atoms with Crippen LogP contribution < -0.4 is 19.8 Å². The van der Waals surface area contributed by atoms with Crippen molar-refractivity contribution >= 4 is 80.8 Å². The van der Waals surface area contributed by atoms with Gasteiger partial charge in [0.15, 0.2) is 0 Å². The number of ether oxygens (including phenoxy) is 2. The van der Waals surface area contributed by atoms with Crippen molar-refractivity contribution in [2.24, 2.45) is 23.7 Å². The lowest BCUT2D eigenvalue weighted by molar-refractivity contribution is -0.138. The number of carbonyl (C=O) groups excluding carboxylic acids is 4. The third-order valence-corrected chi connectivity index (χ3v) is 12.5. The molecular formula is C40H32Cl2IN3O7. The van der Waals surface area contributed by atoms with Crippen LogP contribution >= 0.6 is 45.8 Å². The first-order valence-corrected chi connectivity index (χ1v) is 18.8. The summed E-state index contributed by atoms with van der Waals surface area (Å²) in [6, 6.07) is 23.6. The zero-order chi connectivity index (χ0) is 37.3. The van der Waals surface area contributed by atoms with Gasteiger partial charge in [0.1, 0.15) is 17.2 Å². The molecule has 2 aliphatic carbocycles. The van der Waals surface area contributed by atoms with Gasteiger partial charge in [0.05, 0.1) is 53.8 Å². The van der Waals surface area contributed by atoms with E-state index in [0.29, 0.717) is 39.0 Å². The van der Waals surface area contributed by atoms with Crippen LogP contribution in [0, 0.1) is 27.2 Å². The van der Waals surface area contributed by atoms with E-state index in [2.05, 4.69) is 28.0 Å². The van der Waals surface area contributed by atoms with Crippen molar-refractivity contribution in [3.63, 3.8) is 0 Å². The van der Waals surface area contributed by atoms with Crippen molar-refractivity contribution in [3.05, 3.63) is 121 Å². The van der Waals surface area contributed by atoms with Gasteiger partial charge in [-0.2, -0.15) is 5.01 Å². The number of phenols is 1. The van der Waals surface area contributed by atoms with Gasteiger partial charge in [-0.3, -0.25) is 29.5 Å². The zero-order valence-corrected chi connectivity index (χ0v) is 32.1. The van der Waals surface area contributed by atoms with E-state index in [1.165, 1.54) is 30.2 Å². The number of carbonyl (C=O) groups is 4. The second-order valence-corrected chi connectivity index (χ2v) is 15.7. The molecule has 2 aliphatic heterocycles. The predicted molar refractivity (Wildman–Crippen MR) is 207 cm³/mol. The van der Waals surface area contributed by atoms with Crippen LogP contribution in [0.3, 0.4) is 0 Å². The number of halogens is 3. The minimum Gasteiger partial charge on any atom is -0.508 e. The Morgan fingerprint density at radius 2 is 1.58 bits per heavy atom. The molecule has 8 rings (SSSR count). The molecule has 6 atom stereocenters. The van der Waals surface area contributed by atoms with Crippen molar-refractivity contribution in [3.8, 4) is 17.2 Å². The Balaban J connectivity index is 1.35. The molecule has 4 aliphatic rings. The highest BCUT2D eigenvalue weighted by Gasteiger charge is 2.70. The molecule has 53 heavy (non-hydrogen) atoms. The first-order chi connectivity index (χ1) is 25.5. The predicted octanol–water partition coefficient (Wildman–Crippen LogP) is 7.51. The van der Waals surface area contributed by atoms with Crippen LogP contribution in [0.2, 0.25) is 10.0 Å². The summed E-state index contributed by atoms with van der Waals surface area (Å²) in [6.07, 6.45) is 2.33. The molecule has 3 fully saturated rings. The summed E-state index contributed by atoms with van der Waals surface area (Å²) >= 11 is 14.9. The van der Waals surface area contributed by atoms with Gasteiger partial charge in [0, 0.05) is 26.1 Å². The maximum Gasteiger partial charge on any atom is 0.260 e. The Labute approximate surface area is 328 Å². The maximum atomic E-state index is 15.4. The first-order valence-electron chi connectivity index (χ1n) is 16.9. The molecular weight excluding hydrogens is 832 g/mol. The highest BCUT2D eigenvalue weighted by molar-refractivity contribution is 14.1. The van der Waals surface area contributed by atoms with Crippen molar-refractivity contribution in [2.45, 2.75) is 24.2 Å². The first kappa shape index (κ1) is 35.4. The number of hydrogen-bond acceptors (Lipinski definition) is 8. The number of aromatic hydroxyl groups is 1. The van der Waals surface area contributed by atoms with E-state index >= 15 is 4.79 Å². The summed E-state index contributed by atoms with van der Waals surface area (Å²) in [4.78, 5) is 60.2. The number of nitrogens with one attached hydrogen (secondary N) is 1. The van der Waals surface area contributed by atoms with Crippen LogP contribution in [-0.4, -0.2) is 48.0 Å². The fraction of sp³-hybridized carbons (Fsp3) is 0.250. The summed E-state index contributed by atoms with van der Waals surface area (Å²) < 4.78 is 12.3. The lowest BCUT2D eigenvalue weighted by Crippen LogP contribution is -2.53. The summed E-state index contributed by atoms with van der Waals surface area (Å²) in [5.41, 5.74) is 4.04. The van der Waals surface area contributed by atoms with Gasteiger partial charge in [-0.1, -0.05) is 53.1 Å². The molecule has 0 aromatic heterocycles. The van der Waals surface area contributed by atoms with Gasteiger partial charge >= 0.3 is 0 Å². The number of hydrazine groups is 1. The Morgan fingerprint density at radius 3 is 2.26 bits per heavy atom. The number of nitrogens with zero attached hydrogens (tertiary/aromatic N) is 2. The van der Waals surface area contributed by atoms with Crippen molar-refractivity contribution in [2.75, 3.05) is 24.5 Å². The Hall–Kier alpha value is -4.59. The highest BCUT2D eigenvalue weighted by Crippen LogP contribution is 2.65. The minimum atomic E-state index is -1.57. The largest absolute Gasteiger partial charge is 0.508 e. The van der Waals surface area contributed by atoms with Crippen molar-refractivity contribution in [1.82, 2.24) is 5.01 Å². The molecule has 2 saturated heterocycles. The monoisotopic (exact) mass is 863 g/mol. The van der Waals surface area contributed by atoms with Crippen LogP contribution in [0.15, 0.2) is 96.6 Å². The number of allylic oxidation sites excluding steroid dienone is 2. The number of fused-ring (bicyclic) bond motifs is 4. The zero-order valence-electron chi connectivity index (χ0n) is 28.4. The molecule has 10 nitrogen and oxygen atoms in total. The molecule has 4 amide bonds. The van der Waals surface area contributed by atoms with Crippen LogP contribution in [0.25, 0.3) is 0 Å². The van der Waals surface area contributed by atoms with E-state index in [1.54, 1.807) is 61.7 Å². The van der Waals surface area contributed by atoms with E-state index in [1.807, 2.05) is 18.2 Å². The smallest absolute Gasteiger partial charge is 0.260 e. The summed E-state index contributed by atoms with van der Waals surface area (Å²) in [5.74, 6) is -4.80. The Bertz CT molecular complexity index is 2230. The number of rotatable bonds is 7. The standard InChI is InChI=1S/C40H32Cl2IN3O7/c1-52-25-11-3-20(4-12-25)40-30(37(49)46(39(40)51)44-32-16-5-21(41)17-31(32)42)19-29-26(35(40)27-13-10-24(47)18-33(27)53-2)14-15-28-34(29)38(50)45(36(28)48)23-8-6-22(43)7-9-23/h3-14,16-18,28-30,34-35,44,47H,15,19H2,1-2H3. The topological polar surface area (TPSA) is 125 Å². The molecule has 1 saturated carbocycles. The van der Waals surface area contributed by atoms with E-state index in [4.69, 9.17) is 32.7 Å². The quantitative estimate of drug-likeness (QED) is 0.111. The number of benzene rings is 4. The number of amides is 4. The molecule has 2 N–H and O–H groups in total. The molecule has 0 radical (unpaired) electrons. The van der Waals surface area contributed by atoms with Crippen molar-refractivity contribution < 1.29 is 33.8 Å². The third kappa shape index (κ3) is 5.41. The number of anilines is 2. The third-order valence-electron chi connectivity index (χ3n) is 11.2. The molecule has 4 aromatic rings. The van der Waals surface area contributed by atoms with Crippen LogP contribution in [0.1, 0.15) is 29.9 Å². The molecule has 13 heteroatoms. The van der Waals surface area contributed by atoms with Crippen molar-refractivity contribution in [1.29, 1.82) is 0 Å². The second kappa shape index (κ2) is 13.4. The second-order valence-electron chi connectivity index (χ2n) is 13.6. The van der Waals surface area contributed by atoms with Gasteiger partial charge in [-0.25, -0.2) is 0 Å². The number of methoxy groups -OCH3 is 2. The number of phenolic OH excluding ortho intramolecular Hbond substituents is 1.